The van der Waals surface area contributed by atoms with Crippen molar-refractivity contribution in [2.24, 2.45) is 0 Å². The number of rotatable bonds is 5. The van der Waals surface area contributed by atoms with Crippen LogP contribution in [-0.2, 0) is 10.2 Å². The van der Waals surface area contributed by atoms with Crippen molar-refractivity contribution >= 4 is 22.4 Å². The zero-order valence-electron chi connectivity index (χ0n) is 12.4. The predicted molar refractivity (Wildman–Crippen MR) is 81.7 cm³/mol. The van der Waals surface area contributed by atoms with Crippen LogP contribution in [0.2, 0.25) is 0 Å². The maximum Gasteiger partial charge on any atom is 0.315 e. The van der Waals surface area contributed by atoms with Crippen LogP contribution in [0.15, 0.2) is 5.38 Å². The normalized spacial score (nSPS) is 17.4. The fourth-order valence-corrected chi connectivity index (χ4v) is 3.33. The van der Waals surface area contributed by atoms with Gasteiger partial charge in [-0.05, 0) is 26.8 Å². The highest BCUT2D eigenvalue weighted by atomic mass is 32.1. The number of carboxylic acid groups (broad SMARTS) is 1. The number of hydrogen-bond acceptors (Lipinski definition) is 5. The smallest absolute Gasteiger partial charge is 0.315 e. The van der Waals surface area contributed by atoms with E-state index in [0.29, 0.717) is 5.69 Å². The Labute approximate surface area is 124 Å². The topological polar surface area (TPSA) is 56.7 Å². The van der Waals surface area contributed by atoms with E-state index in [2.05, 4.69) is 21.7 Å². The summed E-state index contributed by atoms with van der Waals surface area (Å²) in [5.74, 6) is -0.831. The van der Waals surface area contributed by atoms with Crippen molar-refractivity contribution in [3.05, 3.63) is 11.1 Å². The van der Waals surface area contributed by atoms with E-state index in [1.807, 2.05) is 5.38 Å². The van der Waals surface area contributed by atoms with Gasteiger partial charge in [0.25, 0.3) is 0 Å². The molecule has 1 aromatic heterocycles. The molecule has 1 aliphatic heterocycles. The summed E-state index contributed by atoms with van der Waals surface area (Å²) < 4.78 is 0. The minimum absolute atomic E-state index is 0.654. The van der Waals surface area contributed by atoms with Gasteiger partial charge in [0.15, 0.2) is 5.13 Å². The molecule has 1 aromatic rings. The number of hydrogen-bond donors (Lipinski definition) is 1. The lowest BCUT2D eigenvalue weighted by Gasteiger charge is -2.34. The number of thiazole rings is 1. The zero-order chi connectivity index (χ0) is 14.8. The molecule has 2 heterocycles. The van der Waals surface area contributed by atoms with Crippen molar-refractivity contribution in [3.8, 4) is 0 Å². The molecule has 1 saturated heterocycles. The highest BCUT2D eigenvalue weighted by Crippen LogP contribution is 2.29. The van der Waals surface area contributed by atoms with Gasteiger partial charge in [0, 0.05) is 31.6 Å². The lowest BCUT2D eigenvalue weighted by Crippen LogP contribution is -2.46. The lowest BCUT2D eigenvalue weighted by molar-refractivity contribution is -0.142. The summed E-state index contributed by atoms with van der Waals surface area (Å²) in [7, 11) is 0. The second-order valence-corrected chi connectivity index (χ2v) is 6.61. The fourth-order valence-electron chi connectivity index (χ4n) is 2.29. The molecule has 1 N–H and O–H groups in total. The van der Waals surface area contributed by atoms with Crippen LogP contribution in [-0.4, -0.2) is 53.7 Å². The first kappa shape index (κ1) is 15.3. The minimum Gasteiger partial charge on any atom is -0.481 e. The van der Waals surface area contributed by atoms with Crippen LogP contribution in [0.3, 0.4) is 0 Å². The summed E-state index contributed by atoms with van der Waals surface area (Å²) >= 11 is 1.55. The minimum atomic E-state index is -0.918. The van der Waals surface area contributed by atoms with Gasteiger partial charge < -0.3 is 10.0 Å². The Kier molecular flexibility index (Phi) is 4.65. The van der Waals surface area contributed by atoms with Crippen LogP contribution in [0.25, 0.3) is 0 Å². The largest absolute Gasteiger partial charge is 0.481 e. The number of anilines is 1. The van der Waals surface area contributed by atoms with Crippen LogP contribution in [0.4, 0.5) is 5.13 Å². The van der Waals surface area contributed by atoms with Crippen molar-refractivity contribution in [2.45, 2.75) is 32.6 Å². The summed E-state index contributed by atoms with van der Waals surface area (Å²) in [5, 5.41) is 12.1. The second kappa shape index (κ2) is 6.10. The molecule has 20 heavy (non-hydrogen) atoms. The standard InChI is InChI=1S/C14H23N3O2S/c1-4-5-16-6-8-17(9-7-16)13-15-11(10-20-13)14(2,3)12(18)19/h10H,4-9H2,1-3H3,(H,18,19). The molecule has 5 nitrogen and oxygen atoms in total. The average Bonchev–Trinajstić information content (AvgIpc) is 2.90. The Balaban J connectivity index is 2.02. The van der Waals surface area contributed by atoms with E-state index in [0.717, 1.165) is 37.9 Å². The molecule has 0 saturated carbocycles. The number of piperazine rings is 1. The van der Waals surface area contributed by atoms with E-state index in [1.54, 1.807) is 25.2 Å². The molecule has 112 valence electrons. The highest BCUT2D eigenvalue weighted by Gasteiger charge is 2.32. The van der Waals surface area contributed by atoms with Gasteiger partial charge in [0.2, 0.25) is 0 Å². The van der Waals surface area contributed by atoms with Gasteiger partial charge in [0.1, 0.15) is 5.41 Å². The molecule has 0 atom stereocenters. The van der Waals surface area contributed by atoms with Gasteiger partial charge in [0.05, 0.1) is 5.69 Å². The summed E-state index contributed by atoms with van der Waals surface area (Å²) in [5.41, 5.74) is -0.264. The second-order valence-electron chi connectivity index (χ2n) is 5.77. The van der Waals surface area contributed by atoms with Crippen molar-refractivity contribution < 1.29 is 9.90 Å². The molecular formula is C14H23N3O2S. The maximum absolute atomic E-state index is 11.3. The molecular weight excluding hydrogens is 274 g/mol. The number of carbonyl (C=O) groups is 1. The summed E-state index contributed by atoms with van der Waals surface area (Å²) in [6.45, 7) is 10.8. The van der Waals surface area contributed by atoms with Crippen molar-refractivity contribution in [1.82, 2.24) is 9.88 Å². The Morgan fingerprint density at radius 2 is 2.05 bits per heavy atom. The fraction of sp³-hybridized carbons (Fsp3) is 0.714. The summed E-state index contributed by atoms with van der Waals surface area (Å²) in [6.07, 6.45) is 1.19. The molecule has 0 spiro atoms. The molecule has 2 rings (SSSR count). The first-order valence-electron chi connectivity index (χ1n) is 7.12. The van der Waals surface area contributed by atoms with Crippen molar-refractivity contribution in [1.29, 1.82) is 0 Å². The first-order chi connectivity index (χ1) is 9.45. The van der Waals surface area contributed by atoms with Crippen LogP contribution in [0.5, 0.6) is 0 Å². The molecule has 0 aliphatic carbocycles. The Hall–Kier alpha value is -1.14. The third-order valence-corrected chi connectivity index (χ3v) is 4.75. The highest BCUT2D eigenvalue weighted by molar-refractivity contribution is 7.13. The first-order valence-corrected chi connectivity index (χ1v) is 7.99. The third kappa shape index (κ3) is 3.12. The van der Waals surface area contributed by atoms with E-state index in [9.17, 15) is 9.90 Å². The molecule has 1 fully saturated rings. The zero-order valence-corrected chi connectivity index (χ0v) is 13.2. The van der Waals surface area contributed by atoms with Gasteiger partial charge in [-0.1, -0.05) is 6.92 Å². The molecule has 1 aliphatic rings. The Morgan fingerprint density at radius 3 is 2.60 bits per heavy atom. The monoisotopic (exact) mass is 297 g/mol. The van der Waals surface area contributed by atoms with Gasteiger partial charge >= 0.3 is 5.97 Å². The van der Waals surface area contributed by atoms with E-state index < -0.39 is 11.4 Å². The molecule has 0 amide bonds. The van der Waals surface area contributed by atoms with Crippen LogP contribution in [0.1, 0.15) is 32.9 Å². The van der Waals surface area contributed by atoms with E-state index in [1.165, 1.54) is 6.42 Å². The quantitative estimate of drug-likeness (QED) is 0.901. The summed E-state index contributed by atoms with van der Waals surface area (Å²) in [4.78, 5) is 20.5. The van der Waals surface area contributed by atoms with Gasteiger partial charge in [-0.25, -0.2) is 4.98 Å². The summed E-state index contributed by atoms with van der Waals surface area (Å²) in [6, 6.07) is 0. The number of aliphatic carboxylic acids is 1. The number of carboxylic acids is 1. The molecule has 6 heteroatoms. The molecule has 0 bridgehead atoms. The van der Waals surface area contributed by atoms with Crippen molar-refractivity contribution in [3.63, 3.8) is 0 Å². The van der Waals surface area contributed by atoms with Crippen LogP contribution in [0, 0.1) is 0 Å². The Bertz CT molecular complexity index is 465. The van der Waals surface area contributed by atoms with E-state index in [4.69, 9.17) is 0 Å². The maximum atomic E-state index is 11.3. The SMILES string of the molecule is CCCN1CCN(c2nc(C(C)(C)C(=O)O)cs2)CC1. The molecule has 0 aromatic carbocycles. The lowest BCUT2D eigenvalue weighted by atomic mass is 9.90. The van der Waals surface area contributed by atoms with E-state index in [-0.39, 0.29) is 0 Å². The van der Waals surface area contributed by atoms with Gasteiger partial charge in [-0.3, -0.25) is 9.69 Å². The Morgan fingerprint density at radius 1 is 1.40 bits per heavy atom. The van der Waals surface area contributed by atoms with Crippen molar-refractivity contribution in [2.75, 3.05) is 37.6 Å². The third-order valence-electron chi connectivity index (χ3n) is 3.85. The van der Waals surface area contributed by atoms with Gasteiger partial charge in [-0.15, -0.1) is 11.3 Å². The van der Waals surface area contributed by atoms with Crippen LogP contribution >= 0.6 is 11.3 Å². The molecule has 0 unspecified atom stereocenters. The molecule has 0 radical (unpaired) electrons. The van der Waals surface area contributed by atoms with E-state index >= 15 is 0 Å². The van der Waals surface area contributed by atoms with Crippen LogP contribution < -0.4 is 4.90 Å². The average molecular weight is 297 g/mol. The number of nitrogens with zero attached hydrogens (tertiary/aromatic N) is 3. The van der Waals surface area contributed by atoms with Gasteiger partial charge in [-0.2, -0.15) is 0 Å². The predicted octanol–water partition coefficient (Wildman–Crippen LogP) is 2.04. The number of aromatic nitrogens is 1.